The molecule has 108 valence electrons. The number of urea groups is 1. The number of carboxylic acids is 1. The van der Waals surface area contributed by atoms with Crippen LogP contribution in [0.25, 0.3) is 0 Å². The van der Waals surface area contributed by atoms with Crippen molar-refractivity contribution in [3.8, 4) is 0 Å². The summed E-state index contributed by atoms with van der Waals surface area (Å²) in [6.45, 7) is 3.53. The molecule has 0 aromatic rings. The molecule has 1 heterocycles. The first-order valence-corrected chi connectivity index (χ1v) is 6.44. The van der Waals surface area contributed by atoms with Crippen molar-refractivity contribution < 1.29 is 19.5 Å². The number of nitrogens with one attached hydrogen (secondary N) is 1. The van der Waals surface area contributed by atoms with Crippen molar-refractivity contribution in [2.24, 2.45) is 11.1 Å². The fourth-order valence-corrected chi connectivity index (χ4v) is 2.57. The molecule has 1 rings (SSSR count). The molecule has 0 saturated carbocycles. The van der Waals surface area contributed by atoms with Gasteiger partial charge in [-0.3, -0.25) is 14.9 Å². The Labute approximate surface area is 112 Å². The SMILES string of the molecule is CCCC1(C(=O)O)CCN(CCC(=O)NC(N)=O)C1. The van der Waals surface area contributed by atoms with E-state index in [0.29, 0.717) is 32.5 Å². The lowest BCUT2D eigenvalue weighted by Crippen LogP contribution is -2.38. The summed E-state index contributed by atoms with van der Waals surface area (Å²) in [4.78, 5) is 35.1. The van der Waals surface area contributed by atoms with Crippen LogP contribution >= 0.6 is 0 Å². The maximum Gasteiger partial charge on any atom is 0.318 e. The number of amides is 3. The van der Waals surface area contributed by atoms with Gasteiger partial charge in [-0.1, -0.05) is 13.3 Å². The maximum absolute atomic E-state index is 11.4. The van der Waals surface area contributed by atoms with Crippen LogP contribution in [0.15, 0.2) is 0 Å². The summed E-state index contributed by atoms with van der Waals surface area (Å²) in [5.74, 6) is -1.20. The van der Waals surface area contributed by atoms with Crippen LogP contribution in [-0.2, 0) is 9.59 Å². The van der Waals surface area contributed by atoms with Gasteiger partial charge in [-0.25, -0.2) is 4.79 Å². The molecule has 1 aliphatic heterocycles. The minimum absolute atomic E-state index is 0.144. The van der Waals surface area contributed by atoms with Gasteiger partial charge in [-0.05, 0) is 19.4 Å². The number of imide groups is 1. The van der Waals surface area contributed by atoms with Crippen LogP contribution in [0.1, 0.15) is 32.6 Å². The van der Waals surface area contributed by atoms with E-state index in [0.717, 1.165) is 6.42 Å². The zero-order valence-electron chi connectivity index (χ0n) is 11.1. The summed E-state index contributed by atoms with van der Waals surface area (Å²) in [6, 6.07) is -0.864. The second kappa shape index (κ2) is 6.51. The highest BCUT2D eigenvalue weighted by molar-refractivity contribution is 5.93. The van der Waals surface area contributed by atoms with Gasteiger partial charge in [-0.2, -0.15) is 0 Å². The standard InChI is InChI=1S/C12H21N3O4/c1-2-4-12(10(17)18)5-7-15(8-12)6-3-9(16)14-11(13)19/h2-8H2,1H3,(H,17,18)(H3,13,14,16,19). The van der Waals surface area contributed by atoms with Crippen molar-refractivity contribution >= 4 is 17.9 Å². The molecule has 1 saturated heterocycles. The van der Waals surface area contributed by atoms with E-state index in [-0.39, 0.29) is 6.42 Å². The smallest absolute Gasteiger partial charge is 0.318 e. The molecule has 7 heteroatoms. The van der Waals surface area contributed by atoms with Gasteiger partial charge in [0.15, 0.2) is 0 Å². The van der Waals surface area contributed by atoms with Crippen molar-refractivity contribution in [3.05, 3.63) is 0 Å². The molecule has 1 unspecified atom stereocenters. The molecule has 0 aromatic heterocycles. The van der Waals surface area contributed by atoms with Crippen molar-refractivity contribution in [1.29, 1.82) is 0 Å². The number of aliphatic carboxylic acids is 1. The fourth-order valence-electron chi connectivity index (χ4n) is 2.57. The molecule has 0 aliphatic carbocycles. The van der Waals surface area contributed by atoms with Gasteiger partial charge in [0.05, 0.1) is 5.41 Å². The van der Waals surface area contributed by atoms with Gasteiger partial charge in [0, 0.05) is 19.5 Å². The molecule has 0 aromatic carbocycles. The van der Waals surface area contributed by atoms with Gasteiger partial charge >= 0.3 is 12.0 Å². The van der Waals surface area contributed by atoms with Crippen LogP contribution in [0, 0.1) is 5.41 Å². The first-order valence-electron chi connectivity index (χ1n) is 6.44. The molecule has 0 spiro atoms. The third-order valence-corrected chi connectivity index (χ3v) is 3.53. The topological polar surface area (TPSA) is 113 Å². The number of carboxylic acid groups (broad SMARTS) is 1. The minimum atomic E-state index is -0.864. The van der Waals surface area contributed by atoms with Crippen LogP contribution in [0.5, 0.6) is 0 Å². The van der Waals surface area contributed by atoms with Gasteiger partial charge in [-0.15, -0.1) is 0 Å². The summed E-state index contributed by atoms with van der Waals surface area (Å²) in [5.41, 5.74) is 4.15. The molecule has 0 radical (unpaired) electrons. The zero-order chi connectivity index (χ0) is 14.5. The highest BCUT2D eigenvalue weighted by Crippen LogP contribution is 2.35. The number of hydrogen-bond donors (Lipinski definition) is 3. The zero-order valence-corrected chi connectivity index (χ0v) is 11.1. The second-order valence-corrected chi connectivity index (χ2v) is 5.02. The third-order valence-electron chi connectivity index (χ3n) is 3.53. The van der Waals surface area contributed by atoms with Crippen LogP contribution in [0.2, 0.25) is 0 Å². The van der Waals surface area contributed by atoms with E-state index in [2.05, 4.69) is 0 Å². The highest BCUT2D eigenvalue weighted by Gasteiger charge is 2.43. The number of rotatable bonds is 6. The predicted molar refractivity (Wildman–Crippen MR) is 68.4 cm³/mol. The van der Waals surface area contributed by atoms with Crippen molar-refractivity contribution in [1.82, 2.24) is 10.2 Å². The Bertz CT molecular complexity index is 372. The minimum Gasteiger partial charge on any atom is -0.481 e. The number of primary amides is 1. The van der Waals surface area contributed by atoms with Crippen LogP contribution in [0.3, 0.4) is 0 Å². The lowest BCUT2D eigenvalue weighted by atomic mass is 9.83. The molecule has 7 nitrogen and oxygen atoms in total. The molecule has 4 N–H and O–H groups in total. The second-order valence-electron chi connectivity index (χ2n) is 5.02. The van der Waals surface area contributed by atoms with E-state index in [1.807, 2.05) is 17.1 Å². The van der Waals surface area contributed by atoms with Gasteiger partial charge in [0.2, 0.25) is 5.91 Å². The number of nitrogens with two attached hydrogens (primary N) is 1. The van der Waals surface area contributed by atoms with Crippen molar-refractivity contribution in [2.75, 3.05) is 19.6 Å². The van der Waals surface area contributed by atoms with E-state index < -0.39 is 23.3 Å². The molecule has 1 atom stereocenters. The van der Waals surface area contributed by atoms with Gasteiger partial charge in [0.1, 0.15) is 0 Å². The van der Waals surface area contributed by atoms with E-state index in [9.17, 15) is 19.5 Å². The van der Waals surface area contributed by atoms with E-state index in [1.54, 1.807) is 0 Å². The lowest BCUT2D eigenvalue weighted by molar-refractivity contribution is -0.148. The number of carbonyl (C=O) groups is 3. The highest BCUT2D eigenvalue weighted by atomic mass is 16.4. The molecule has 19 heavy (non-hydrogen) atoms. The predicted octanol–water partition coefficient (Wildman–Crippen LogP) is 0.148. The summed E-state index contributed by atoms with van der Waals surface area (Å²) in [7, 11) is 0. The normalized spacial score (nSPS) is 23.2. The molecule has 1 aliphatic rings. The Morgan fingerprint density at radius 3 is 2.63 bits per heavy atom. The average molecular weight is 271 g/mol. The molecular formula is C12H21N3O4. The van der Waals surface area contributed by atoms with Gasteiger partial charge < -0.3 is 15.7 Å². The monoisotopic (exact) mass is 271 g/mol. The van der Waals surface area contributed by atoms with Crippen LogP contribution in [0.4, 0.5) is 4.79 Å². The summed E-state index contributed by atoms with van der Waals surface area (Å²) in [6.07, 6.45) is 2.22. The quantitative estimate of drug-likeness (QED) is 0.636. The Balaban J connectivity index is 2.45. The summed E-state index contributed by atoms with van der Waals surface area (Å²) < 4.78 is 0. The fraction of sp³-hybridized carbons (Fsp3) is 0.750. The Hall–Kier alpha value is -1.63. The number of carbonyl (C=O) groups excluding carboxylic acids is 2. The van der Waals surface area contributed by atoms with Crippen LogP contribution in [-0.4, -0.2) is 47.5 Å². The number of hydrogen-bond acceptors (Lipinski definition) is 4. The van der Waals surface area contributed by atoms with E-state index >= 15 is 0 Å². The largest absolute Gasteiger partial charge is 0.481 e. The van der Waals surface area contributed by atoms with Crippen molar-refractivity contribution in [3.63, 3.8) is 0 Å². The molecular weight excluding hydrogens is 250 g/mol. The van der Waals surface area contributed by atoms with Crippen molar-refractivity contribution in [2.45, 2.75) is 32.6 Å². The van der Waals surface area contributed by atoms with Crippen LogP contribution < -0.4 is 11.1 Å². The van der Waals surface area contributed by atoms with E-state index in [4.69, 9.17) is 5.73 Å². The van der Waals surface area contributed by atoms with Gasteiger partial charge in [0.25, 0.3) is 0 Å². The third kappa shape index (κ3) is 4.20. The first kappa shape index (κ1) is 15.4. The Morgan fingerprint density at radius 1 is 1.42 bits per heavy atom. The number of nitrogens with zero attached hydrogens (tertiary/aromatic N) is 1. The molecule has 1 fully saturated rings. The summed E-state index contributed by atoms with van der Waals surface area (Å²) in [5, 5.41) is 11.3. The Morgan fingerprint density at radius 2 is 2.11 bits per heavy atom. The maximum atomic E-state index is 11.4. The average Bonchev–Trinajstić information content (AvgIpc) is 2.71. The van der Waals surface area contributed by atoms with E-state index in [1.165, 1.54) is 0 Å². The Kier molecular flexibility index (Phi) is 5.29. The number of likely N-dealkylation sites (tertiary alicyclic amines) is 1. The summed E-state index contributed by atoms with van der Waals surface area (Å²) >= 11 is 0. The molecule has 3 amide bonds. The molecule has 0 bridgehead atoms. The lowest BCUT2D eigenvalue weighted by Gasteiger charge is -2.24. The first-order chi connectivity index (χ1) is 8.89.